The van der Waals surface area contributed by atoms with Crippen LogP contribution in [0.4, 0.5) is 34.1 Å². The second kappa shape index (κ2) is 18.0. The van der Waals surface area contributed by atoms with Crippen LogP contribution in [0, 0.1) is 0 Å². The first-order chi connectivity index (χ1) is 32.9. The molecule has 0 saturated heterocycles. The summed E-state index contributed by atoms with van der Waals surface area (Å²) < 4.78 is 0. The zero-order valence-electron chi connectivity index (χ0n) is 38.1. The van der Waals surface area contributed by atoms with Gasteiger partial charge in [-0.25, -0.2) is 0 Å². The second-order valence-electron chi connectivity index (χ2n) is 18.3. The third-order valence-corrected chi connectivity index (χ3v) is 13.6. The lowest BCUT2D eigenvalue weighted by Crippen LogP contribution is -2.14. The summed E-state index contributed by atoms with van der Waals surface area (Å²) in [6.07, 6.45) is 2.33. The minimum Gasteiger partial charge on any atom is -0.311 e. The SMILES string of the molecule is CC1(C)CCc2ccc(N(c3ccc(-c4ccccc4)cc3)c3ccc(-c4ccc(-c5ccc(N(c6ccc(-c7ccccc7)cc6)c6ccc(-c7ccccc7)cc6)cc5)cc4)cc3)cc21. The lowest BCUT2D eigenvalue weighted by molar-refractivity contribution is 0.522. The van der Waals surface area contributed by atoms with Gasteiger partial charge in [0.25, 0.3) is 0 Å². The summed E-state index contributed by atoms with van der Waals surface area (Å²) in [5.41, 5.74) is 21.9. The number of hydrogen-bond acceptors (Lipinski definition) is 2. The van der Waals surface area contributed by atoms with Crippen molar-refractivity contribution in [1.82, 2.24) is 0 Å². The molecule has 1 aliphatic carbocycles. The van der Waals surface area contributed by atoms with Gasteiger partial charge in [-0.15, -0.1) is 0 Å². The van der Waals surface area contributed by atoms with E-state index in [9.17, 15) is 0 Å². The quantitative estimate of drug-likeness (QED) is 0.128. The Morgan fingerprint density at radius 3 is 0.806 bits per heavy atom. The Bertz CT molecular complexity index is 3150. The summed E-state index contributed by atoms with van der Waals surface area (Å²) in [5.74, 6) is 0. The number of benzene rings is 10. The molecule has 0 atom stereocenters. The van der Waals surface area contributed by atoms with Crippen molar-refractivity contribution in [2.45, 2.75) is 32.1 Å². The molecule has 10 aromatic carbocycles. The topological polar surface area (TPSA) is 6.48 Å². The minimum atomic E-state index is 0.165. The lowest BCUT2D eigenvalue weighted by Gasteiger charge is -2.28. The Morgan fingerprint density at radius 2 is 0.507 bits per heavy atom. The highest BCUT2D eigenvalue weighted by atomic mass is 15.1. The van der Waals surface area contributed by atoms with Crippen molar-refractivity contribution in [3.05, 3.63) is 266 Å². The van der Waals surface area contributed by atoms with E-state index in [-0.39, 0.29) is 5.41 Å². The van der Waals surface area contributed by atoms with Crippen LogP contribution in [0.5, 0.6) is 0 Å². The van der Waals surface area contributed by atoms with Crippen LogP contribution in [-0.2, 0) is 11.8 Å². The van der Waals surface area contributed by atoms with E-state index in [1.807, 2.05) is 0 Å². The minimum absolute atomic E-state index is 0.165. The predicted molar refractivity (Wildman–Crippen MR) is 284 cm³/mol. The summed E-state index contributed by atoms with van der Waals surface area (Å²) >= 11 is 0. The Kier molecular flexibility index (Phi) is 11.1. The van der Waals surface area contributed by atoms with E-state index in [4.69, 9.17) is 0 Å². The molecule has 0 aliphatic heterocycles. The molecule has 0 amide bonds. The van der Waals surface area contributed by atoms with Crippen molar-refractivity contribution in [2.75, 3.05) is 9.80 Å². The Labute approximate surface area is 395 Å². The van der Waals surface area contributed by atoms with Gasteiger partial charge in [0.1, 0.15) is 0 Å². The summed E-state index contributed by atoms with van der Waals surface area (Å²) in [5, 5.41) is 0. The Balaban J connectivity index is 0.860. The molecule has 0 N–H and O–H groups in total. The van der Waals surface area contributed by atoms with Crippen molar-refractivity contribution in [3.63, 3.8) is 0 Å². The van der Waals surface area contributed by atoms with E-state index >= 15 is 0 Å². The van der Waals surface area contributed by atoms with Crippen LogP contribution >= 0.6 is 0 Å². The maximum atomic E-state index is 2.43. The average molecular weight is 861 g/mol. The van der Waals surface area contributed by atoms with Crippen LogP contribution in [0.15, 0.2) is 255 Å². The maximum absolute atomic E-state index is 2.43. The number of hydrogen-bond donors (Lipinski definition) is 0. The van der Waals surface area contributed by atoms with Crippen molar-refractivity contribution in [3.8, 4) is 55.6 Å². The zero-order chi connectivity index (χ0) is 45.2. The van der Waals surface area contributed by atoms with Crippen molar-refractivity contribution < 1.29 is 0 Å². The maximum Gasteiger partial charge on any atom is 0.0464 e. The molecule has 0 unspecified atom stereocenters. The third kappa shape index (κ3) is 8.58. The molecule has 67 heavy (non-hydrogen) atoms. The molecule has 0 bridgehead atoms. The molecule has 0 radical (unpaired) electrons. The van der Waals surface area contributed by atoms with Gasteiger partial charge in [0.05, 0.1) is 0 Å². The Morgan fingerprint density at radius 1 is 0.269 bits per heavy atom. The molecule has 2 heteroatoms. The van der Waals surface area contributed by atoms with E-state index in [1.165, 1.54) is 78.9 Å². The fraction of sp³-hybridized carbons (Fsp3) is 0.0769. The fourth-order valence-electron chi connectivity index (χ4n) is 9.79. The number of rotatable bonds is 11. The van der Waals surface area contributed by atoms with E-state index < -0.39 is 0 Å². The predicted octanol–water partition coefficient (Wildman–Crippen LogP) is 18.2. The van der Waals surface area contributed by atoms with Crippen LogP contribution in [0.2, 0.25) is 0 Å². The molecular formula is C65H52N2. The van der Waals surface area contributed by atoms with Gasteiger partial charge in [0.15, 0.2) is 0 Å². The first-order valence-corrected chi connectivity index (χ1v) is 23.4. The molecule has 10 aromatic rings. The first-order valence-electron chi connectivity index (χ1n) is 23.4. The lowest BCUT2D eigenvalue weighted by atomic mass is 9.86. The largest absolute Gasteiger partial charge is 0.311 e. The number of nitrogens with zero attached hydrogens (tertiary/aromatic N) is 2. The molecule has 0 aromatic heterocycles. The number of fused-ring (bicyclic) bond motifs is 1. The van der Waals surface area contributed by atoms with Crippen molar-refractivity contribution in [2.24, 2.45) is 0 Å². The van der Waals surface area contributed by atoms with Gasteiger partial charge < -0.3 is 9.80 Å². The van der Waals surface area contributed by atoms with Crippen LogP contribution < -0.4 is 9.80 Å². The standard InChI is InChI=1S/C65H52N2/c1-65(2)45-44-57-32-43-63(46-64(57)65)67(61-39-26-54(27-40-61)49-16-10-5-11-17-49)62-41-30-56(31-42-62)51-20-18-50(19-21-51)55-28-37-60(38-29-55)66(58-33-22-52(23-34-58)47-12-6-3-7-13-47)59-35-24-53(25-36-59)48-14-8-4-9-15-48/h3-43,46H,44-45H2,1-2H3. The highest BCUT2D eigenvalue weighted by Gasteiger charge is 2.30. The van der Waals surface area contributed by atoms with E-state index in [2.05, 4.69) is 278 Å². The summed E-state index contributed by atoms with van der Waals surface area (Å²) in [6, 6.07) is 92.6. The summed E-state index contributed by atoms with van der Waals surface area (Å²) in [7, 11) is 0. The molecule has 0 heterocycles. The molecule has 2 nitrogen and oxygen atoms in total. The highest BCUT2D eigenvalue weighted by Crippen LogP contribution is 2.44. The van der Waals surface area contributed by atoms with E-state index in [0.717, 1.165) is 34.9 Å². The van der Waals surface area contributed by atoms with Gasteiger partial charge in [-0.1, -0.05) is 196 Å². The molecule has 1 aliphatic rings. The van der Waals surface area contributed by atoms with Gasteiger partial charge in [0, 0.05) is 34.1 Å². The first kappa shape index (κ1) is 41.5. The van der Waals surface area contributed by atoms with Crippen LogP contribution in [0.3, 0.4) is 0 Å². The highest BCUT2D eigenvalue weighted by molar-refractivity contribution is 5.83. The molecule has 11 rings (SSSR count). The van der Waals surface area contributed by atoms with Crippen LogP contribution in [-0.4, -0.2) is 0 Å². The van der Waals surface area contributed by atoms with Gasteiger partial charge in [-0.05, 0) is 158 Å². The van der Waals surface area contributed by atoms with E-state index in [1.54, 1.807) is 0 Å². The van der Waals surface area contributed by atoms with Gasteiger partial charge in [-0.3, -0.25) is 0 Å². The molecule has 322 valence electrons. The normalized spacial score (nSPS) is 12.6. The van der Waals surface area contributed by atoms with Crippen LogP contribution in [0.1, 0.15) is 31.4 Å². The fourth-order valence-corrected chi connectivity index (χ4v) is 9.79. The van der Waals surface area contributed by atoms with Crippen LogP contribution in [0.25, 0.3) is 55.6 Å². The Hall–Kier alpha value is -8.20. The molecule has 0 spiro atoms. The van der Waals surface area contributed by atoms with Gasteiger partial charge in [0.2, 0.25) is 0 Å². The average Bonchev–Trinajstić information content (AvgIpc) is 3.71. The smallest absolute Gasteiger partial charge is 0.0464 e. The van der Waals surface area contributed by atoms with Crippen molar-refractivity contribution in [1.29, 1.82) is 0 Å². The molecule has 0 fully saturated rings. The van der Waals surface area contributed by atoms with Gasteiger partial charge in [-0.2, -0.15) is 0 Å². The number of anilines is 6. The number of aryl methyl sites for hydroxylation is 1. The second-order valence-corrected chi connectivity index (χ2v) is 18.3. The van der Waals surface area contributed by atoms with Gasteiger partial charge >= 0.3 is 0 Å². The monoisotopic (exact) mass is 860 g/mol. The zero-order valence-corrected chi connectivity index (χ0v) is 38.1. The molecule has 0 saturated carbocycles. The summed E-state index contributed by atoms with van der Waals surface area (Å²) in [4.78, 5) is 4.74. The van der Waals surface area contributed by atoms with Crippen molar-refractivity contribution >= 4 is 34.1 Å². The van der Waals surface area contributed by atoms with E-state index in [0.29, 0.717) is 0 Å². The summed E-state index contributed by atoms with van der Waals surface area (Å²) in [6.45, 7) is 4.76. The third-order valence-electron chi connectivity index (χ3n) is 13.6. The molecular weight excluding hydrogens is 809 g/mol.